The third-order valence-corrected chi connectivity index (χ3v) is 2.05. The number of hydrogen-bond donors (Lipinski definition) is 1. The van der Waals surface area contributed by atoms with Crippen LogP contribution < -0.4 is 0 Å². The van der Waals surface area contributed by atoms with Crippen molar-refractivity contribution in [2.24, 2.45) is 0 Å². The van der Waals surface area contributed by atoms with E-state index in [2.05, 4.69) is 0 Å². The molecule has 0 aliphatic rings. The standard InChI is InChI=1S/C10H8F6O/c11-9(12,13)7-3-6(1-2-17)4-8(5-7)10(14,15)16/h3-5,17H,1-2H2. The third kappa shape index (κ3) is 3.62. The number of rotatable bonds is 2. The fourth-order valence-electron chi connectivity index (χ4n) is 1.29. The van der Waals surface area contributed by atoms with Crippen molar-refractivity contribution in [3.8, 4) is 0 Å². The highest BCUT2D eigenvalue weighted by Gasteiger charge is 2.36. The maximum absolute atomic E-state index is 12.3. The van der Waals surface area contributed by atoms with Gasteiger partial charge in [0.25, 0.3) is 0 Å². The zero-order valence-electron chi connectivity index (χ0n) is 8.36. The first-order valence-electron chi connectivity index (χ1n) is 4.54. The zero-order chi connectivity index (χ0) is 13.3. The van der Waals surface area contributed by atoms with Gasteiger partial charge in [0.05, 0.1) is 11.1 Å². The van der Waals surface area contributed by atoms with Gasteiger partial charge >= 0.3 is 12.4 Å². The largest absolute Gasteiger partial charge is 0.416 e. The molecule has 0 aromatic heterocycles. The van der Waals surface area contributed by atoms with Crippen LogP contribution in [-0.4, -0.2) is 11.7 Å². The second-order valence-corrected chi connectivity index (χ2v) is 3.39. The number of alkyl halides is 6. The van der Waals surface area contributed by atoms with Crippen molar-refractivity contribution in [2.45, 2.75) is 18.8 Å². The maximum atomic E-state index is 12.3. The van der Waals surface area contributed by atoms with Crippen molar-refractivity contribution in [3.63, 3.8) is 0 Å². The quantitative estimate of drug-likeness (QED) is 0.807. The Hall–Kier alpha value is -1.24. The molecule has 7 heteroatoms. The van der Waals surface area contributed by atoms with Crippen LogP contribution in [0.3, 0.4) is 0 Å². The van der Waals surface area contributed by atoms with E-state index in [1.54, 1.807) is 0 Å². The van der Waals surface area contributed by atoms with Crippen molar-refractivity contribution in [3.05, 3.63) is 34.9 Å². The van der Waals surface area contributed by atoms with Crippen molar-refractivity contribution in [1.29, 1.82) is 0 Å². The summed E-state index contributed by atoms with van der Waals surface area (Å²) in [6.07, 6.45) is -9.94. The van der Waals surface area contributed by atoms with Crippen molar-refractivity contribution >= 4 is 0 Å². The van der Waals surface area contributed by atoms with E-state index in [-0.39, 0.29) is 18.1 Å². The molecule has 0 heterocycles. The van der Waals surface area contributed by atoms with Crippen LogP contribution in [0, 0.1) is 0 Å². The summed E-state index contributed by atoms with van der Waals surface area (Å²) in [5.41, 5.74) is -2.93. The van der Waals surface area contributed by atoms with E-state index in [0.717, 1.165) is 0 Å². The van der Waals surface area contributed by atoms with Gasteiger partial charge in [-0.15, -0.1) is 0 Å². The monoisotopic (exact) mass is 258 g/mol. The van der Waals surface area contributed by atoms with Gasteiger partial charge < -0.3 is 5.11 Å². The van der Waals surface area contributed by atoms with Crippen molar-refractivity contribution < 1.29 is 31.4 Å². The predicted octanol–water partition coefficient (Wildman–Crippen LogP) is 3.26. The molecule has 0 bridgehead atoms. The molecule has 0 aliphatic heterocycles. The molecule has 1 aromatic rings. The Morgan fingerprint density at radius 3 is 1.53 bits per heavy atom. The summed E-state index contributed by atoms with van der Waals surface area (Å²) in [5.74, 6) is 0. The topological polar surface area (TPSA) is 20.2 Å². The smallest absolute Gasteiger partial charge is 0.396 e. The van der Waals surface area contributed by atoms with E-state index in [0.29, 0.717) is 12.1 Å². The van der Waals surface area contributed by atoms with Gasteiger partial charge in [-0.25, -0.2) is 0 Å². The minimum absolute atomic E-state index is 0.0564. The summed E-state index contributed by atoms with van der Waals surface area (Å²) in [5, 5.41) is 8.54. The van der Waals surface area contributed by atoms with Gasteiger partial charge in [-0.1, -0.05) is 0 Å². The van der Waals surface area contributed by atoms with Crippen LogP contribution in [0.25, 0.3) is 0 Å². The van der Waals surface area contributed by atoms with Gasteiger partial charge in [0.1, 0.15) is 0 Å². The Morgan fingerprint density at radius 1 is 0.824 bits per heavy atom. The van der Waals surface area contributed by atoms with Crippen LogP contribution in [0.15, 0.2) is 18.2 Å². The Kier molecular flexibility index (Phi) is 3.71. The molecule has 96 valence electrons. The summed E-state index contributed by atoms with van der Waals surface area (Å²) in [7, 11) is 0. The molecule has 17 heavy (non-hydrogen) atoms. The lowest BCUT2D eigenvalue weighted by Gasteiger charge is -2.13. The Balaban J connectivity index is 3.29. The molecule has 0 radical (unpaired) electrons. The van der Waals surface area contributed by atoms with Gasteiger partial charge in [-0.3, -0.25) is 0 Å². The second-order valence-electron chi connectivity index (χ2n) is 3.39. The Morgan fingerprint density at radius 2 is 1.24 bits per heavy atom. The van der Waals surface area contributed by atoms with Crippen LogP contribution in [0.5, 0.6) is 0 Å². The van der Waals surface area contributed by atoms with Gasteiger partial charge in [-0.2, -0.15) is 26.3 Å². The minimum atomic E-state index is -4.84. The predicted molar refractivity (Wildman–Crippen MR) is 47.2 cm³/mol. The summed E-state index contributed by atoms with van der Waals surface area (Å²) < 4.78 is 74.1. The van der Waals surface area contributed by atoms with Gasteiger partial charge in [0.2, 0.25) is 0 Å². The van der Waals surface area contributed by atoms with Gasteiger partial charge in [0.15, 0.2) is 0 Å². The molecule has 1 rings (SSSR count). The number of hydrogen-bond acceptors (Lipinski definition) is 1. The molecule has 0 fully saturated rings. The fraction of sp³-hybridized carbons (Fsp3) is 0.400. The van der Waals surface area contributed by atoms with E-state index in [9.17, 15) is 26.3 Å². The average molecular weight is 258 g/mol. The molecule has 0 saturated carbocycles. The summed E-state index contributed by atoms with van der Waals surface area (Å²) in [6.45, 7) is -0.515. The number of aliphatic hydroxyl groups excluding tert-OH is 1. The summed E-state index contributed by atoms with van der Waals surface area (Å²) in [4.78, 5) is 0. The number of benzene rings is 1. The molecule has 0 atom stereocenters. The van der Waals surface area contributed by atoms with E-state index in [4.69, 9.17) is 5.11 Å². The molecule has 1 aromatic carbocycles. The van der Waals surface area contributed by atoms with E-state index < -0.39 is 30.1 Å². The van der Waals surface area contributed by atoms with E-state index >= 15 is 0 Å². The minimum Gasteiger partial charge on any atom is -0.396 e. The number of halogens is 6. The highest BCUT2D eigenvalue weighted by molar-refractivity contribution is 5.33. The van der Waals surface area contributed by atoms with Gasteiger partial charge in [0, 0.05) is 6.61 Å². The first-order valence-corrected chi connectivity index (χ1v) is 4.54. The highest BCUT2D eigenvalue weighted by atomic mass is 19.4. The molecule has 0 saturated heterocycles. The van der Waals surface area contributed by atoms with Crippen LogP contribution in [0.1, 0.15) is 16.7 Å². The Labute approximate surface area is 92.7 Å². The normalized spacial score (nSPS) is 12.9. The lowest BCUT2D eigenvalue weighted by atomic mass is 10.0. The van der Waals surface area contributed by atoms with Crippen LogP contribution in [-0.2, 0) is 18.8 Å². The average Bonchev–Trinajstić information content (AvgIpc) is 2.15. The molecular weight excluding hydrogens is 250 g/mol. The lowest BCUT2D eigenvalue weighted by molar-refractivity contribution is -0.143. The molecule has 0 unspecified atom stereocenters. The summed E-state index contributed by atoms with van der Waals surface area (Å²) in [6, 6.07) is 1.26. The summed E-state index contributed by atoms with van der Waals surface area (Å²) >= 11 is 0. The van der Waals surface area contributed by atoms with E-state index in [1.807, 2.05) is 0 Å². The first-order chi connectivity index (χ1) is 7.64. The van der Waals surface area contributed by atoms with Crippen molar-refractivity contribution in [1.82, 2.24) is 0 Å². The van der Waals surface area contributed by atoms with E-state index in [1.165, 1.54) is 0 Å². The molecular formula is C10H8F6O. The molecule has 1 nitrogen and oxygen atoms in total. The second kappa shape index (κ2) is 4.56. The zero-order valence-corrected chi connectivity index (χ0v) is 8.36. The van der Waals surface area contributed by atoms with Crippen LogP contribution in [0.2, 0.25) is 0 Å². The van der Waals surface area contributed by atoms with Crippen molar-refractivity contribution in [2.75, 3.05) is 6.61 Å². The SMILES string of the molecule is OCCc1cc(C(F)(F)F)cc(C(F)(F)F)c1. The molecule has 0 aliphatic carbocycles. The molecule has 0 amide bonds. The highest BCUT2D eigenvalue weighted by Crippen LogP contribution is 2.36. The molecule has 1 N–H and O–H groups in total. The first kappa shape index (κ1) is 13.8. The number of aliphatic hydroxyl groups is 1. The lowest BCUT2D eigenvalue weighted by Crippen LogP contribution is -2.12. The molecule has 0 spiro atoms. The maximum Gasteiger partial charge on any atom is 0.416 e. The Bertz CT molecular complexity index is 361. The fourth-order valence-corrected chi connectivity index (χ4v) is 1.29. The third-order valence-electron chi connectivity index (χ3n) is 2.05. The van der Waals surface area contributed by atoms with Crippen LogP contribution in [0.4, 0.5) is 26.3 Å². The van der Waals surface area contributed by atoms with Gasteiger partial charge in [-0.05, 0) is 30.2 Å². The van der Waals surface area contributed by atoms with Crippen LogP contribution >= 0.6 is 0 Å².